The van der Waals surface area contributed by atoms with Gasteiger partial charge in [-0.2, -0.15) is 0 Å². The van der Waals surface area contributed by atoms with Crippen LogP contribution in [0.4, 0.5) is 0 Å². The highest BCUT2D eigenvalue weighted by Gasteiger charge is 2.38. The molecule has 7 nitrogen and oxygen atoms in total. The molecular weight excluding hydrogens is 432 g/mol. The van der Waals surface area contributed by atoms with Gasteiger partial charge in [0.15, 0.2) is 27.2 Å². The molecule has 0 saturated heterocycles. The maximum atomic E-state index is 12.9. The van der Waals surface area contributed by atoms with Gasteiger partial charge in [-0.25, -0.2) is 8.42 Å². The highest BCUT2D eigenvalue weighted by atomic mass is 35.5. The van der Waals surface area contributed by atoms with Crippen molar-refractivity contribution < 1.29 is 32.3 Å². The molecule has 0 aliphatic heterocycles. The summed E-state index contributed by atoms with van der Waals surface area (Å²) in [5.41, 5.74) is 0.0835. The van der Waals surface area contributed by atoms with Gasteiger partial charge >= 0.3 is 0 Å². The molecule has 1 atom stereocenters. The lowest BCUT2D eigenvalue weighted by molar-refractivity contribution is -0.133. The van der Waals surface area contributed by atoms with E-state index in [2.05, 4.69) is 0 Å². The van der Waals surface area contributed by atoms with Crippen LogP contribution in [0, 0.1) is 5.92 Å². The molecule has 0 N–H and O–H groups in total. The second kappa shape index (κ2) is 10.6. The van der Waals surface area contributed by atoms with Gasteiger partial charge in [-0.05, 0) is 25.0 Å². The van der Waals surface area contributed by atoms with Crippen LogP contribution in [0.3, 0.4) is 0 Å². The van der Waals surface area contributed by atoms with Crippen LogP contribution in [0.1, 0.15) is 54.9 Å². The predicted octanol–water partition coefficient (Wildman–Crippen LogP) is 3.20. The van der Waals surface area contributed by atoms with Crippen LogP contribution < -0.4 is 0 Å². The first-order valence-corrected chi connectivity index (χ1v) is 12.1. The largest absolute Gasteiger partial charge is 0.379 e. The molecule has 9 heteroatoms. The van der Waals surface area contributed by atoms with Crippen LogP contribution in [0.2, 0.25) is 5.02 Å². The van der Waals surface area contributed by atoms with Gasteiger partial charge in [0.05, 0.1) is 29.2 Å². The molecule has 0 aromatic heterocycles. The molecule has 0 amide bonds. The quantitative estimate of drug-likeness (QED) is 0.391. The fraction of sp³-hybridized carbons (Fsp3) is 0.571. The molecule has 1 unspecified atom stereocenters. The van der Waals surface area contributed by atoms with E-state index in [4.69, 9.17) is 21.1 Å². The predicted molar refractivity (Wildman–Crippen MR) is 112 cm³/mol. The maximum Gasteiger partial charge on any atom is 0.182 e. The Labute approximate surface area is 182 Å². The van der Waals surface area contributed by atoms with E-state index in [9.17, 15) is 22.8 Å². The van der Waals surface area contributed by atoms with E-state index in [1.165, 1.54) is 12.1 Å². The van der Waals surface area contributed by atoms with Gasteiger partial charge in [-0.15, -0.1) is 0 Å². The minimum absolute atomic E-state index is 0.0480. The number of Topliss-reactive ketones (excluding diaryl/α,β-unsaturated/α-hetero) is 3. The number of ether oxygens (including phenoxy) is 2. The number of hydrogen-bond donors (Lipinski definition) is 0. The molecule has 166 valence electrons. The van der Waals surface area contributed by atoms with Crippen LogP contribution in [0.15, 0.2) is 17.0 Å². The summed E-state index contributed by atoms with van der Waals surface area (Å²) in [5, 5.41) is -0.112. The average molecular weight is 459 g/mol. The molecule has 1 saturated carbocycles. The summed E-state index contributed by atoms with van der Waals surface area (Å²) in [6.45, 7) is 2.08. The summed E-state index contributed by atoms with van der Waals surface area (Å²) >= 11 is 6.42. The molecule has 1 fully saturated rings. The number of methoxy groups -OCH3 is 1. The van der Waals surface area contributed by atoms with Gasteiger partial charge in [0.25, 0.3) is 0 Å². The summed E-state index contributed by atoms with van der Waals surface area (Å²) in [4.78, 5) is 37.2. The van der Waals surface area contributed by atoms with Gasteiger partial charge in [0, 0.05) is 37.3 Å². The van der Waals surface area contributed by atoms with E-state index in [1.54, 1.807) is 7.11 Å². The van der Waals surface area contributed by atoms with Crippen LogP contribution >= 0.6 is 11.6 Å². The number of rotatable bonds is 10. The monoisotopic (exact) mass is 458 g/mol. The molecule has 1 aliphatic carbocycles. The Kier molecular flexibility index (Phi) is 8.73. The van der Waals surface area contributed by atoms with Crippen LogP contribution in [0.5, 0.6) is 0 Å². The number of hydrogen-bond acceptors (Lipinski definition) is 7. The number of ketones is 3. The van der Waals surface area contributed by atoms with Crippen molar-refractivity contribution in [2.45, 2.75) is 56.6 Å². The molecular formula is C21H27ClO7S. The van der Waals surface area contributed by atoms with E-state index in [0.717, 1.165) is 19.1 Å². The second-order valence-electron chi connectivity index (χ2n) is 7.42. The first-order chi connectivity index (χ1) is 14.1. The van der Waals surface area contributed by atoms with E-state index in [1.807, 2.05) is 6.92 Å². The third-order valence-electron chi connectivity index (χ3n) is 5.11. The van der Waals surface area contributed by atoms with Crippen molar-refractivity contribution in [3.05, 3.63) is 28.3 Å². The summed E-state index contributed by atoms with van der Waals surface area (Å²) in [5.74, 6) is -2.94. The van der Waals surface area contributed by atoms with Crippen molar-refractivity contribution in [2.75, 3.05) is 20.0 Å². The van der Waals surface area contributed by atoms with Crippen molar-refractivity contribution in [2.24, 2.45) is 5.92 Å². The number of sulfone groups is 1. The standard InChI is InChI=1S/C21H27ClO7S/c1-4-6-13(28-2)11-29-12-15-18(30(3,26)27)10-9-14(20(15)22)21(25)19-16(23)7-5-8-17(19)24/h9-10,13,19H,4-8,11-12H2,1-3H3. The lowest BCUT2D eigenvalue weighted by Gasteiger charge is -2.20. The molecule has 1 aromatic carbocycles. The first-order valence-electron chi connectivity index (χ1n) is 9.83. The zero-order valence-electron chi connectivity index (χ0n) is 17.4. The van der Waals surface area contributed by atoms with E-state index < -0.39 is 33.1 Å². The average Bonchev–Trinajstić information content (AvgIpc) is 2.67. The van der Waals surface area contributed by atoms with E-state index in [-0.39, 0.29) is 53.2 Å². The fourth-order valence-corrected chi connectivity index (χ4v) is 4.80. The Morgan fingerprint density at radius 1 is 1.23 bits per heavy atom. The Morgan fingerprint density at radius 3 is 2.40 bits per heavy atom. The number of carbonyl (C=O) groups is 3. The zero-order chi connectivity index (χ0) is 22.5. The topological polar surface area (TPSA) is 104 Å². The lowest BCUT2D eigenvalue weighted by atomic mass is 9.81. The summed E-state index contributed by atoms with van der Waals surface area (Å²) in [6, 6.07) is 2.53. The van der Waals surface area contributed by atoms with Crippen molar-refractivity contribution in [1.29, 1.82) is 0 Å². The lowest BCUT2D eigenvalue weighted by Crippen LogP contribution is -2.35. The summed E-state index contributed by atoms with van der Waals surface area (Å²) < 4.78 is 35.4. The van der Waals surface area contributed by atoms with Crippen LogP contribution in [0.25, 0.3) is 0 Å². The fourth-order valence-electron chi connectivity index (χ4n) is 3.51. The van der Waals surface area contributed by atoms with Gasteiger partial charge in [-0.1, -0.05) is 24.9 Å². The number of carbonyl (C=O) groups excluding carboxylic acids is 3. The minimum atomic E-state index is -3.65. The molecule has 0 bridgehead atoms. The molecule has 2 rings (SSSR count). The van der Waals surface area contributed by atoms with Crippen LogP contribution in [-0.4, -0.2) is 51.8 Å². The minimum Gasteiger partial charge on any atom is -0.379 e. The van der Waals surface area contributed by atoms with Gasteiger partial charge < -0.3 is 9.47 Å². The third kappa shape index (κ3) is 5.75. The van der Waals surface area contributed by atoms with Crippen molar-refractivity contribution in [3.63, 3.8) is 0 Å². The first kappa shape index (κ1) is 24.7. The van der Waals surface area contributed by atoms with Gasteiger partial charge in [-0.3, -0.25) is 14.4 Å². The molecule has 1 aromatic rings. The number of benzene rings is 1. The normalized spacial score (nSPS) is 16.7. The third-order valence-corrected chi connectivity index (χ3v) is 6.72. The second-order valence-corrected chi connectivity index (χ2v) is 9.78. The smallest absolute Gasteiger partial charge is 0.182 e. The highest BCUT2D eigenvalue weighted by Crippen LogP contribution is 2.32. The Morgan fingerprint density at radius 2 is 1.87 bits per heavy atom. The molecule has 30 heavy (non-hydrogen) atoms. The van der Waals surface area contributed by atoms with E-state index >= 15 is 0 Å². The maximum absolute atomic E-state index is 12.9. The molecule has 0 radical (unpaired) electrons. The van der Waals surface area contributed by atoms with Crippen molar-refractivity contribution in [1.82, 2.24) is 0 Å². The zero-order valence-corrected chi connectivity index (χ0v) is 19.0. The van der Waals surface area contributed by atoms with Gasteiger partial charge in [0.1, 0.15) is 5.92 Å². The Balaban J connectivity index is 2.38. The molecule has 0 heterocycles. The Bertz CT molecular complexity index is 908. The van der Waals surface area contributed by atoms with Crippen molar-refractivity contribution in [3.8, 4) is 0 Å². The SMILES string of the molecule is CCCC(COCc1c(S(C)(=O)=O)ccc(C(=O)C2C(=O)CCCC2=O)c1Cl)OC. The summed E-state index contributed by atoms with van der Waals surface area (Å²) in [6.07, 6.45) is 3.29. The highest BCUT2D eigenvalue weighted by molar-refractivity contribution is 7.90. The molecule has 0 spiro atoms. The summed E-state index contributed by atoms with van der Waals surface area (Å²) in [7, 11) is -2.09. The Hall–Kier alpha value is -1.61. The van der Waals surface area contributed by atoms with Crippen LogP contribution in [-0.2, 0) is 35.5 Å². The molecule has 1 aliphatic rings. The number of halogens is 1. The van der Waals surface area contributed by atoms with Gasteiger partial charge in [0.2, 0.25) is 0 Å². The van der Waals surface area contributed by atoms with Crippen molar-refractivity contribution >= 4 is 38.8 Å². The van der Waals surface area contributed by atoms with E-state index in [0.29, 0.717) is 6.42 Å².